The van der Waals surface area contributed by atoms with Crippen molar-refractivity contribution in [2.24, 2.45) is 0 Å². The maximum Gasteiger partial charge on any atom is 0.272 e. The SMILES string of the molecule is O=C(NCCCNC(=O)c1nn(-c2ccc(Cl)cc2Cl)c2c1CCCc1ccsc1-2)c1nn(-c2ccc(Cl)cc2Cl)c2c1CCCc1ccsc1-2. The lowest BCUT2D eigenvalue weighted by Gasteiger charge is -2.10. The summed E-state index contributed by atoms with van der Waals surface area (Å²) in [5, 5.41) is 21.8. The molecule has 4 aromatic heterocycles. The van der Waals surface area contributed by atoms with E-state index in [9.17, 15) is 9.59 Å². The number of fused-ring (bicyclic) bond motifs is 6. The van der Waals surface area contributed by atoms with Crippen molar-refractivity contribution >= 4 is 80.9 Å². The number of aryl methyl sites for hydroxylation is 2. The maximum atomic E-state index is 13.7. The molecular weight excluding hydrogens is 766 g/mol. The van der Waals surface area contributed by atoms with E-state index in [1.807, 2.05) is 12.1 Å². The van der Waals surface area contributed by atoms with Gasteiger partial charge in [0.2, 0.25) is 0 Å². The number of carbonyl (C=O) groups is 2. The highest BCUT2D eigenvalue weighted by Gasteiger charge is 2.31. The smallest absolute Gasteiger partial charge is 0.272 e. The van der Waals surface area contributed by atoms with Gasteiger partial charge >= 0.3 is 0 Å². The van der Waals surface area contributed by atoms with E-state index in [4.69, 9.17) is 56.6 Å². The Morgan fingerprint density at radius 3 is 1.53 bits per heavy atom. The first-order valence-corrected chi connectivity index (χ1v) is 19.9. The molecule has 2 amide bonds. The number of hydrogen-bond donors (Lipinski definition) is 2. The highest BCUT2D eigenvalue weighted by atomic mass is 35.5. The van der Waals surface area contributed by atoms with Crippen LogP contribution in [-0.4, -0.2) is 44.5 Å². The molecule has 2 aromatic carbocycles. The zero-order chi connectivity index (χ0) is 35.2. The third kappa shape index (κ3) is 6.51. The summed E-state index contributed by atoms with van der Waals surface area (Å²) < 4.78 is 3.56. The van der Waals surface area contributed by atoms with Crippen molar-refractivity contribution < 1.29 is 9.59 Å². The number of thiophene rings is 2. The number of carbonyl (C=O) groups excluding carboxylic acids is 2. The Morgan fingerprint density at radius 2 is 1.10 bits per heavy atom. The highest BCUT2D eigenvalue weighted by molar-refractivity contribution is 7.14. The molecule has 2 N–H and O–H groups in total. The number of benzene rings is 2. The lowest BCUT2D eigenvalue weighted by atomic mass is 10.1. The summed E-state index contributed by atoms with van der Waals surface area (Å²) >= 11 is 29.0. The Labute approximate surface area is 322 Å². The van der Waals surface area contributed by atoms with E-state index in [-0.39, 0.29) is 11.8 Å². The fourth-order valence-corrected chi connectivity index (χ4v) is 9.91. The zero-order valence-electron chi connectivity index (χ0n) is 27.1. The minimum atomic E-state index is -0.267. The molecule has 2 aliphatic carbocycles. The van der Waals surface area contributed by atoms with Gasteiger partial charge in [0, 0.05) is 34.3 Å². The van der Waals surface area contributed by atoms with Gasteiger partial charge in [0.25, 0.3) is 11.8 Å². The van der Waals surface area contributed by atoms with E-state index in [1.165, 1.54) is 11.1 Å². The fraction of sp³-hybridized carbons (Fsp3) is 0.243. The number of rotatable bonds is 8. The largest absolute Gasteiger partial charge is 0.351 e. The Balaban J connectivity index is 0.993. The predicted molar refractivity (Wildman–Crippen MR) is 207 cm³/mol. The van der Waals surface area contributed by atoms with E-state index in [2.05, 4.69) is 33.5 Å². The lowest BCUT2D eigenvalue weighted by molar-refractivity contribution is 0.0945. The van der Waals surface area contributed by atoms with Crippen LogP contribution in [0.3, 0.4) is 0 Å². The second-order valence-corrected chi connectivity index (χ2v) is 16.0. The van der Waals surface area contributed by atoms with Gasteiger partial charge in [0.05, 0.1) is 42.6 Å². The third-order valence-electron chi connectivity index (χ3n) is 9.27. The molecule has 6 aromatic rings. The minimum Gasteiger partial charge on any atom is -0.351 e. The van der Waals surface area contributed by atoms with Gasteiger partial charge in [-0.15, -0.1) is 22.7 Å². The van der Waals surface area contributed by atoms with Gasteiger partial charge in [-0.25, -0.2) is 9.36 Å². The van der Waals surface area contributed by atoms with Crippen molar-refractivity contribution in [2.45, 2.75) is 44.9 Å². The topological polar surface area (TPSA) is 93.8 Å². The fourth-order valence-electron chi connectivity index (χ4n) is 6.91. The van der Waals surface area contributed by atoms with E-state index in [0.29, 0.717) is 75.2 Å². The number of amides is 2. The van der Waals surface area contributed by atoms with Gasteiger partial charge in [-0.05, 0) is 115 Å². The summed E-state index contributed by atoms with van der Waals surface area (Å²) in [5.41, 5.74) is 8.15. The van der Waals surface area contributed by atoms with Crippen LogP contribution in [0.1, 0.15) is 62.5 Å². The average Bonchev–Trinajstić information content (AvgIpc) is 3.87. The predicted octanol–water partition coefficient (Wildman–Crippen LogP) is 9.66. The van der Waals surface area contributed by atoms with E-state index in [0.717, 1.165) is 58.0 Å². The van der Waals surface area contributed by atoms with Crippen LogP contribution < -0.4 is 10.6 Å². The van der Waals surface area contributed by atoms with Crippen molar-refractivity contribution in [3.05, 3.63) is 113 Å². The van der Waals surface area contributed by atoms with Gasteiger partial charge in [0.1, 0.15) is 0 Å². The van der Waals surface area contributed by atoms with Crippen LogP contribution in [0.25, 0.3) is 32.5 Å². The van der Waals surface area contributed by atoms with Crippen LogP contribution in [0.2, 0.25) is 20.1 Å². The Hall–Kier alpha value is -3.64. The van der Waals surface area contributed by atoms with Crippen molar-refractivity contribution in [2.75, 3.05) is 13.1 Å². The zero-order valence-corrected chi connectivity index (χ0v) is 31.7. The minimum absolute atomic E-state index is 0.267. The van der Waals surface area contributed by atoms with Crippen molar-refractivity contribution in [3.8, 4) is 32.5 Å². The van der Waals surface area contributed by atoms with Crippen molar-refractivity contribution in [3.63, 3.8) is 0 Å². The molecule has 0 bridgehead atoms. The molecule has 0 aliphatic heterocycles. The molecule has 14 heteroatoms. The van der Waals surface area contributed by atoms with Gasteiger partial charge in [-0.1, -0.05) is 46.4 Å². The molecule has 8 nitrogen and oxygen atoms in total. The molecule has 0 radical (unpaired) electrons. The molecule has 51 heavy (non-hydrogen) atoms. The summed E-state index contributed by atoms with van der Waals surface area (Å²) in [6.45, 7) is 0.691. The molecule has 0 fully saturated rings. The summed E-state index contributed by atoms with van der Waals surface area (Å²) in [6.07, 6.45) is 5.59. The van der Waals surface area contributed by atoms with E-state index < -0.39 is 0 Å². The highest BCUT2D eigenvalue weighted by Crippen LogP contribution is 2.42. The van der Waals surface area contributed by atoms with Gasteiger partial charge in [-0.3, -0.25) is 9.59 Å². The van der Waals surface area contributed by atoms with E-state index in [1.54, 1.807) is 56.3 Å². The molecule has 260 valence electrons. The standard InChI is InChI=1S/C37H30Cl4N6O2S2/c38-22-8-10-28(26(40)18-22)46-32-24(6-1-4-20-12-16-50-34(20)32)30(44-46)36(48)42-14-3-15-43-37(49)31-25-7-2-5-21-13-17-51-35(21)33(25)47(45-31)29-11-9-23(39)19-27(29)41/h8-13,16-19H,1-7,14-15H2,(H,42,48)(H,43,49). The summed E-state index contributed by atoms with van der Waals surface area (Å²) in [4.78, 5) is 29.6. The second kappa shape index (κ2) is 14.4. The quantitative estimate of drug-likeness (QED) is 0.150. The molecule has 0 saturated heterocycles. The van der Waals surface area contributed by atoms with Crippen molar-refractivity contribution in [1.29, 1.82) is 0 Å². The van der Waals surface area contributed by atoms with E-state index >= 15 is 0 Å². The van der Waals surface area contributed by atoms with Crippen LogP contribution >= 0.6 is 69.1 Å². The molecule has 0 unspecified atom stereocenters. The molecule has 2 aliphatic rings. The van der Waals surface area contributed by atoms with Gasteiger partial charge in [0.15, 0.2) is 11.4 Å². The van der Waals surface area contributed by atoms with Crippen LogP contribution in [0.15, 0.2) is 59.3 Å². The molecule has 0 atom stereocenters. The number of hydrogen-bond acceptors (Lipinski definition) is 6. The van der Waals surface area contributed by atoms with Crippen LogP contribution in [-0.2, 0) is 25.7 Å². The van der Waals surface area contributed by atoms with Crippen LogP contribution in [0.5, 0.6) is 0 Å². The van der Waals surface area contributed by atoms with Crippen LogP contribution in [0.4, 0.5) is 0 Å². The Bertz CT molecular complexity index is 2160. The first-order valence-electron chi connectivity index (χ1n) is 16.6. The number of nitrogens with one attached hydrogen (secondary N) is 2. The average molecular weight is 797 g/mol. The van der Waals surface area contributed by atoms with Crippen LogP contribution in [0, 0.1) is 0 Å². The second-order valence-electron chi connectivity index (χ2n) is 12.5. The number of aromatic nitrogens is 4. The maximum absolute atomic E-state index is 13.7. The van der Waals surface area contributed by atoms with Gasteiger partial charge in [-0.2, -0.15) is 10.2 Å². The summed E-state index contributed by atoms with van der Waals surface area (Å²) in [5.74, 6) is -0.533. The van der Waals surface area contributed by atoms with Crippen molar-refractivity contribution in [1.82, 2.24) is 30.2 Å². The summed E-state index contributed by atoms with van der Waals surface area (Å²) in [7, 11) is 0. The normalized spacial score (nSPS) is 13.4. The lowest BCUT2D eigenvalue weighted by Crippen LogP contribution is -2.31. The Morgan fingerprint density at radius 1 is 0.647 bits per heavy atom. The molecule has 4 heterocycles. The number of halogens is 4. The number of nitrogens with zero attached hydrogens (tertiary/aromatic N) is 4. The Kier molecular flexibility index (Phi) is 9.73. The third-order valence-corrected chi connectivity index (χ3v) is 12.3. The monoisotopic (exact) mass is 794 g/mol. The van der Waals surface area contributed by atoms with Gasteiger partial charge < -0.3 is 10.6 Å². The first kappa shape index (κ1) is 34.4. The summed E-state index contributed by atoms with van der Waals surface area (Å²) in [6, 6.07) is 14.8. The molecule has 0 saturated carbocycles. The molecule has 0 spiro atoms. The first-order chi connectivity index (χ1) is 24.8. The molecule has 8 rings (SSSR count). The molecular formula is C37H30Cl4N6O2S2.